The second kappa shape index (κ2) is 6.49. The first kappa shape index (κ1) is 13.1. The molecule has 0 aliphatic carbocycles. The highest BCUT2D eigenvalue weighted by Crippen LogP contribution is 2.28. The lowest BCUT2D eigenvalue weighted by Crippen LogP contribution is -2.39. The van der Waals surface area contributed by atoms with Crippen LogP contribution in [0.15, 0.2) is 24.5 Å². The quantitative estimate of drug-likeness (QED) is 0.902. The maximum absolute atomic E-state index is 4.25. The highest BCUT2D eigenvalue weighted by molar-refractivity contribution is 5.15. The highest BCUT2D eigenvalue weighted by Gasteiger charge is 2.23. The highest BCUT2D eigenvalue weighted by atomic mass is 15.1. The lowest BCUT2D eigenvalue weighted by Gasteiger charge is -2.35. The Morgan fingerprint density at radius 2 is 1.95 bits per heavy atom. The number of pyridine rings is 1. The van der Waals surface area contributed by atoms with Gasteiger partial charge in [-0.2, -0.15) is 0 Å². The van der Waals surface area contributed by atoms with Crippen LogP contribution >= 0.6 is 0 Å². The number of hydrogen-bond donors (Lipinski definition) is 1. The van der Waals surface area contributed by atoms with Crippen molar-refractivity contribution < 1.29 is 0 Å². The fourth-order valence-corrected chi connectivity index (χ4v) is 3.50. The molecule has 19 heavy (non-hydrogen) atoms. The minimum Gasteiger partial charge on any atom is -0.317 e. The predicted molar refractivity (Wildman–Crippen MR) is 78.2 cm³/mol. The standard InChI is InChI=1S/C16H25N3/c1-2-16(12-18-7-1)15-5-10-19(11-6-15)13-14-3-8-17-9-4-14/h1-2,7,12,14-15,17H,3-6,8-11,13H2. The molecule has 3 heterocycles. The molecule has 3 nitrogen and oxygen atoms in total. The minimum atomic E-state index is 0.734. The van der Waals surface area contributed by atoms with E-state index in [1.807, 2.05) is 12.4 Å². The Morgan fingerprint density at radius 3 is 2.63 bits per heavy atom. The van der Waals surface area contributed by atoms with Crippen LogP contribution < -0.4 is 5.32 Å². The van der Waals surface area contributed by atoms with Gasteiger partial charge < -0.3 is 10.2 Å². The molecule has 0 saturated carbocycles. The van der Waals surface area contributed by atoms with Crippen LogP contribution in [0, 0.1) is 5.92 Å². The summed E-state index contributed by atoms with van der Waals surface area (Å²) >= 11 is 0. The first-order valence-corrected chi connectivity index (χ1v) is 7.75. The smallest absolute Gasteiger partial charge is 0.0302 e. The molecule has 0 aromatic carbocycles. The van der Waals surface area contributed by atoms with Gasteiger partial charge in [-0.15, -0.1) is 0 Å². The monoisotopic (exact) mass is 259 g/mol. The van der Waals surface area contributed by atoms with Crippen molar-refractivity contribution in [2.45, 2.75) is 31.6 Å². The summed E-state index contributed by atoms with van der Waals surface area (Å²) in [4.78, 5) is 6.94. The second-order valence-corrected chi connectivity index (χ2v) is 6.05. The summed E-state index contributed by atoms with van der Waals surface area (Å²) in [7, 11) is 0. The molecule has 2 fully saturated rings. The van der Waals surface area contributed by atoms with Gasteiger partial charge >= 0.3 is 0 Å². The van der Waals surface area contributed by atoms with Crippen molar-refractivity contribution in [3.05, 3.63) is 30.1 Å². The van der Waals surface area contributed by atoms with E-state index in [0.29, 0.717) is 0 Å². The van der Waals surface area contributed by atoms with Crippen LogP contribution in [-0.2, 0) is 0 Å². The molecule has 2 aliphatic rings. The van der Waals surface area contributed by atoms with Crippen LogP contribution in [-0.4, -0.2) is 42.6 Å². The molecule has 0 amide bonds. The summed E-state index contributed by atoms with van der Waals surface area (Å²) in [6.07, 6.45) is 9.25. The van der Waals surface area contributed by atoms with Gasteiger partial charge in [-0.25, -0.2) is 0 Å². The molecule has 0 bridgehead atoms. The summed E-state index contributed by atoms with van der Waals surface area (Å²) in [5, 5.41) is 3.46. The zero-order valence-electron chi connectivity index (χ0n) is 11.7. The van der Waals surface area contributed by atoms with Crippen molar-refractivity contribution >= 4 is 0 Å². The number of rotatable bonds is 3. The van der Waals surface area contributed by atoms with E-state index in [0.717, 1.165) is 11.8 Å². The van der Waals surface area contributed by atoms with Gasteiger partial charge in [0.1, 0.15) is 0 Å². The van der Waals surface area contributed by atoms with Crippen LogP contribution in [0.2, 0.25) is 0 Å². The molecule has 1 aromatic rings. The van der Waals surface area contributed by atoms with Gasteiger partial charge in [0.15, 0.2) is 0 Å². The first-order valence-electron chi connectivity index (χ1n) is 7.75. The van der Waals surface area contributed by atoms with E-state index in [-0.39, 0.29) is 0 Å². The van der Waals surface area contributed by atoms with Crippen LogP contribution in [0.3, 0.4) is 0 Å². The summed E-state index contributed by atoms with van der Waals surface area (Å²) < 4.78 is 0. The van der Waals surface area contributed by atoms with Crippen molar-refractivity contribution in [2.24, 2.45) is 5.92 Å². The number of nitrogens with zero attached hydrogens (tertiary/aromatic N) is 2. The zero-order chi connectivity index (χ0) is 12.9. The second-order valence-electron chi connectivity index (χ2n) is 6.05. The molecule has 0 unspecified atom stereocenters. The van der Waals surface area contributed by atoms with Gasteiger partial charge in [-0.3, -0.25) is 4.98 Å². The summed E-state index contributed by atoms with van der Waals surface area (Å²) in [6.45, 7) is 6.29. The number of nitrogens with one attached hydrogen (secondary N) is 1. The predicted octanol–water partition coefficient (Wildman–Crippen LogP) is 2.26. The van der Waals surface area contributed by atoms with Crippen molar-refractivity contribution in [2.75, 3.05) is 32.7 Å². The molecule has 3 rings (SSSR count). The third kappa shape index (κ3) is 3.54. The summed E-state index contributed by atoms with van der Waals surface area (Å²) in [6, 6.07) is 4.30. The SMILES string of the molecule is c1cncc(C2CCN(CC3CCNCC3)CC2)c1. The topological polar surface area (TPSA) is 28.2 Å². The molecule has 1 aromatic heterocycles. The van der Waals surface area contributed by atoms with Gasteiger partial charge in [0.05, 0.1) is 0 Å². The largest absolute Gasteiger partial charge is 0.317 e. The molecule has 0 atom stereocenters. The lowest BCUT2D eigenvalue weighted by atomic mass is 9.89. The maximum Gasteiger partial charge on any atom is 0.0302 e. The van der Waals surface area contributed by atoms with E-state index in [4.69, 9.17) is 0 Å². The Labute approximate surface area is 116 Å². The van der Waals surface area contributed by atoms with Crippen LogP contribution in [0.5, 0.6) is 0 Å². The molecule has 2 saturated heterocycles. The Bertz CT molecular complexity index is 365. The number of hydrogen-bond acceptors (Lipinski definition) is 3. The van der Waals surface area contributed by atoms with Gasteiger partial charge in [0.2, 0.25) is 0 Å². The van der Waals surface area contributed by atoms with Crippen LogP contribution in [0.4, 0.5) is 0 Å². The van der Waals surface area contributed by atoms with Crippen molar-refractivity contribution in [3.8, 4) is 0 Å². The molecule has 2 aliphatic heterocycles. The Balaban J connectivity index is 1.46. The minimum absolute atomic E-state index is 0.734. The molecule has 104 valence electrons. The van der Waals surface area contributed by atoms with Crippen LogP contribution in [0.25, 0.3) is 0 Å². The number of likely N-dealkylation sites (tertiary alicyclic amines) is 1. The van der Waals surface area contributed by atoms with E-state index < -0.39 is 0 Å². The van der Waals surface area contributed by atoms with E-state index in [1.54, 1.807) is 0 Å². The maximum atomic E-state index is 4.25. The van der Waals surface area contributed by atoms with E-state index >= 15 is 0 Å². The van der Waals surface area contributed by atoms with Crippen LogP contribution in [0.1, 0.15) is 37.2 Å². The summed E-state index contributed by atoms with van der Waals surface area (Å²) in [5.74, 6) is 1.66. The zero-order valence-corrected chi connectivity index (χ0v) is 11.7. The van der Waals surface area contributed by atoms with Gasteiger partial charge in [0.25, 0.3) is 0 Å². The first-order chi connectivity index (χ1) is 9.42. The summed E-state index contributed by atoms with van der Waals surface area (Å²) in [5.41, 5.74) is 1.43. The fourth-order valence-electron chi connectivity index (χ4n) is 3.50. The molecule has 0 radical (unpaired) electrons. The molecule has 1 N–H and O–H groups in total. The van der Waals surface area contributed by atoms with E-state index in [9.17, 15) is 0 Å². The van der Waals surface area contributed by atoms with Gasteiger partial charge in [0, 0.05) is 18.9 Å². The number of piperidine rings is 2. The fraction of sp³-hybridized carbons (Fsp3) is 0.688. The normalized spacial score (nSPS) is 23.6. The van der Waals surface area contributed by atoms with Crippen molar-refractivity contribution in [3.63, 3.8) is 0 Å². The third-order valence-electron chi connectivity index (χ3n) is 4.72. The average Bonchev–Trinajstić information content (AvgIpc) is 2.50. The molecule has 3 heteroatoms. The van der Waals surface area contributed by atoms with Gasteiger partial charge in [-0.05, 0) is 75.3 Å². The Hall–Kier alpha value is -0.930. The average molecular weight is 259 g/mol. The Morgan fingerprint density at radius 1 is 1.16 bits per heavy atom. The van der Waals surface area contributed by atoms with E-state index in [2.05, 4.69) is 27.3 Å². The Kier molecular flexibility index (Phi) is 4.46. The molecule has 0 spiro atoms. The van der Waals surface area contributed by atoms with Crippen molar-refractivity contribution in [1.82, 2.24) is 15.2 Å². The molecular formula is C16H25N3. The molecular weight excluding hydrogens is 234 g/mol. The van der Waals surface area contributed by atoms with E-state index in [1.165, 1.54) is 64.0 Å². The van der Waals surface area contributed by atoms with Gasteiger partial charge in [-0.1, -0.05) is 6.07 Å². The lowest BCUT2D eigenvalue weighted by molar-refractivity contribution is 0.167. The number of aromatic nitrogens is 1. The third-order valence-corrected chi connectivity index (χ3v) is 4.72. The van der Waals surface area contributed by atoms with Crippen molar-refractivity contribution in [1.29, 1.82) is 0 Å².